The summed E-state index contributed by atoms with van der Waals surface area (Å²) in [6.07, 6.45) is 8.99. The van der Waals surface area contributed by atoms with E-state index in [4.69, 9.17) is 0 Å². The van der Waals surface area contributed by atoms with Gasteiger partial charge in [-0.1, -0.05) is 19.8 Å². The monoisotopic (exact) mass is 284 g/mol. The van der Waals surface area contributed by atoms with E-state index in [1.807, 2.05) is 6.92 Å². The Labute approximate surface area is 122 Å². The summed E-state index contributed by atoms with van der Waals surface area (Å²) < 4.78 is 0. The van der Waals surface area contributed by atoms with Crippen LogP contribution in [0.2, 0.25) is 0 Å². The van der Waals surface area contributed by atoms with Crippen molar-refractivity contribution in [1.82, 2.24) is 0 Å². The molecule has 0 aromatic carbocycles. The first kappa shape index (κ1) is 15.0. The average molecular weight is 284 g/mol. The van der Waals surface area contributed by atoms with Crippen LogP contribution in [-0.4, -0.2) is 23.1 Å². The number of hydrogen-bond acceptors (Lipinski definition) is 4. The third kappa shape index (κ3) is 3.21. The summed E-state index contributed by atoms with van der Waals surface area (Å²) in [5.41, 5.74) is 0.483. The fourth-order valence-electron chi connectivity index (χ4n) is 2.41. The summed E-state index contributed by atoms with van der Waals surface area (Å²) in [4.78, 5) is 47.5. The molecular formula is C17H16O4. The first-order valence-corrected chi connectivity index (χ1v) is 7.03. The summed E-state index contributed by atoms with van der Waals surface area (Å²) in [6, 6.07) is 0. The van der Waals surface area contributed by atoms with Crippen molar-refractivity contribution in [2.24, 2.45) is 0 Å². The van der Waals surface area contributed by atoms with E-state index in [-0.39, 0.29) is 28.5 Å². The van der Waals surface area contributed by atoms with Gasteiger partial charge in [0.2, 0.25) is 0 Å². The molecule has 0 fully saturated rings. The van der Waals surface area contributed by atoms with Gasteiger partial charge in [0.1, 0.15) is 0 Å². The fourth-order valence-corrected chi connectivity index (χ4v) is 2.41. The Morgan fingerprint density at radius 3 is 2.19 bits per heavy atom. The maximum absolute atomic E-state index is 12.1. The standard InChI is InChI=1S/C17H16O4/c1-2-3-4-5-12-14(19)8-9-16(21)17(12)13-10-11(18)6-7-15(13)20/h6-10H,2-5H2,1H3. The van der Waals surface area contributed by atoms with Crippen molar-refractivity contribution in [2.45, 2.75) is 32.6 Å². The van der Waals surface area contributed by atoms with Crippen LogP contribution in [0.4, 0.5) is 0 Å². The van der Waals surface area contributed by atoms with Crippen LogP contribution in [0.1, 0.15) is 32.6 Å². The normalized spacial score (nSPS) is 18.6. The van der Waals surface area contributed by atoms with E-state index >= 15 is 0 Å². The van der Waals surface area contributed by atoms with E-state index in [2.05, 4.69) is 0 Å². The predicted molar refractivity (Wildman–Crippen MR) is 77.6 cm³/mol. The van der Waals surface area contributed by atoms with E-state index in [0.29, 0.717) is 12.0 Å². The van der Waals surface area contributed by atoms with Crippen LogP contribution in [0.3, 0.4) is 0 Å². The van der Waals surface area contributed by atoms with Crippen LogP contribution in [0.25, 0.3) is 0 Å². The molecule has 21 heavy (non-hydrogen) atoms. The van der Waals surface area contributed by atoms with Crippen LogP contribution < -0.4 is 0 Å². The lowest BCUT2D eigenvalue weighted by Crippen LogP contribution is -2.21. The minimum atomic E-state index is -0.408. The first-order valence-electron chi connectivity index (χ1n) is 7.03. The van der Waals surface area contributed by atoms with E-state index in [9.17, 15) is 19.2 Å². The molecule has 0 N–H and O–H groups in total. The molecule has 0 aromatic rings. The molecule has 0 aromatic heterocycles. The Morgan fingerprint density at radius 1 is 0.810 bits per heavy atom. The largest absolute Gasteiger partial charge is 0.290 e. The number of allylic oxidation sites excluding steroid dienone is 8. The van der Waals surface area contributed by atoms with Gasteiger partial charge in [-0.05, 0) is 43.2 Å². The van der Waals surface area contributed by atoms with Crippen LogP contribution >= 0.6 is 0 Å². The molecule has 0 unspecified atom stereocenters. The molecule has 4 nitrogen and oxygen atoms in total. The van der Waals surface area contributed by atoms with Gasteiger partial charge in [-0.25, -0.2) is 0 Å². The van der Waals surface area contributed by atoms with E-state index < -0.39 is 5.78 Å². The lowest BCUT2D eigenvalue weighted by molar-refractivity contribution is -0.116. The zero-order chi connectivity index (χ0) is 15.4. The molecule has 0 radical (unpaired) electrons. The molecular weight excluding hydrogens is 268 g/mol. The number of carbonyl (C=O) groups excluding carboxylic acids is 4. The maximum atomic E-state index is 12.1. The quantitative estimate of drug-likeness (QED) is 0.573. The van der Waals surface area contributed by atoms with Gasteiger partial charge in [0, 0.05) is 16.7 Å². The predicted octanol–water partition coefficient (Wildman–Crippen LogP) is 2.21. The smallest absolute Gasteiger partial charge is 0.187 e. The second kappa shape index (κ2) is 6.39. The topological polar surface area (TPSA) is 68.3 Å². The Morgan fingerprint density at radius 2 is 1.48 bits per heavy atom. The number of rotatable bonds is 5. The highest BCUT2D eigenvalue weighted by molar-refractivity contribution is 6.30. The van der Waals surface area contributed by atoms with Gasteiger partial charge in [-0.15, -0.1) is 0 Å². The van der Waals surface area contributed by atoms with Crippen molar-refractivity contribution in [3.05, 3.63) is 47.1 Å². The van der Waals surface area contributed by atoms with Gasteiger partial charge >= 0.3 is 0 Å². The lowest BCUT2D eigenvalue weighted by atomic mass is 9.83. The number of hydrogen-bond donors (Lipinski definition) is 0. The second-order valence-corrected chi connectivity index (χ2v) is 5.03. The number of ketones is 4. The summed E-state index contributed by atoms with van der Waals surface area (Å²) in [7, 11) is 0. The molecule has 0 saturated heterocycles. The molecule has 0 bridgehead atoms. The highest BCUT2D eigenvalue weighted by atomic mass is 16.1. The van der Waals surface area contributed by atoms with E-state index in [1.54, 1.807) is 0 Å². The van der Waals surface area contributed by atoms with Crippen molar-refractivity contribution in [1.29, 1.82) is 0 Å². The van der Waals surface area contributed by atoms with Crippen molar-refractivity contribution in [3.63, 3.8) is 0 Å². The molecule has 2 aliphatic rings. The van der Waals surface area contributed by atoms with Crippen molar-refractivity contribution in [3.8, 4) is 0 Å². The number of unbranched alkanes of at least 4 members (excludes halogenated alkanes) is 2. The van der Waals surface area contributed by atoms with Gasteiger partial charge in [-0.3, -0.25) is 19.2 Å². The van der Waals surface area contributed by atoms with Crippen LogP contribution in [-0.2, 0) is 19.2 Å². The van der Waals surface area contributed by atoms with Crippen LogP contribution in [0, 0.1) is 0 Å². The van der Waals surface area contributed by atoms with Gasteiger partial charge in [0.05, 0.1) is 0 Å². The second-order valence-electron chi connectivity index (χ2n) is 5.03. The Hall–Kier alpha value is -2.36. The highest BCUT2D eigenvalue weighted by Gasteiger charge is 2.29. The van der Waals surface area contributed by atoms with E-state index in [0.717, 1.165) is 43.6 Å². The zero-order valence-corrected chi connectivity index (χ0v) is 11.8. The summed E-state index contributed by atoms with van der Waals surface area (Å²) >= 11 is 0. The van der Waals surface area contributed by atoms with Gasteiger partial charge < -0.3 is 0 Å². The summed E-state index contributed by atoms with van der Waals surface area (Å²) in [5.74, 6) is -1.39. The van der Waals surface area contributed by atoms with Crippen molar-refractivity contribution < 1.29 is 19.2 Å². The van der Waals surface area contributed by atoms with Crippen molar-refractivity contribution >= 4 is 23.1 Å². The number of carbonyl (C=O) groups is 4. The zero-order valence-electron chi connectivity index (χ0n) is 11.8. The molecule has 0 aliphatic heterocycles. The Balaban J connectivity index is 2.44. The Kier molecular flexibility index (Phi) is 4.58. The molecule has 2 aliphatic carbocycles. The van der Waals surface area contributed by atoms with Gasteiger partial charge in [0.15, 0.2) is 23.1 Å². The van der Waals surface area contributed by atoms with Crippen LogP contribution in [0.5, 0.6) is 0 Å². The SMILES string of the molecule is CCCCCC1=C(C2=CC(=O)C=CC2=O)C(=O)C=CC1=O. The van der Waals surface area contributed by atoms with Gasteiger partial charge in [0.25, 0.3) is 0 Å². The third-order valence-electron chi connectivity index (χ3n) is 3.48. The Bertz CT molecular complexity index is 642. The molecule has 4 heteroatoms. The maximum Gasteiger partial charge on any atom is 0.187 e. The lowest BCUT2D eigenvalue weighted by Gasteiger charge is -2.17. The molecule has 0 atom stereocenters. The average Bonchev–Trinajstić information content (AvgIpc) is 2.46. The van der Waals surface area contributed by atoms with E-state index in [1.165, 1.54) is 6.08 Å². The molecule has 0 spiro atoms. The minimum absolute atomic E-state index is 0.0386. The molecule has 2 rings (SSSR count). The third-order valence-corrected chi connectivity index (χ3v) is 3.48. The summed E-state index contributed by atoms with van der Waals surface area (Å²) in [6.45, 7) is 2.04. The summed E-state index contributed by atoms with van der Waals surface area (Å²) in [5, 5.41) is 0. The molecule has 108 valence electrons. The molecule has 0 heterocycles. The first-order chi connectivity index (χ1) is 10.0. The van der Waals surface area contributed by atoms with Crippen molar-refractivity contribution in [2.75, 3.05) is 0 Å². The van der Waals surface area contributed by atoms with Crippen LogP contribution in [0.15, 0.2) is 47.1 Å². The molecule has 0 saturated carbocycles. The molecule has 0 amide bonds. The highest BCUT2D eigenvalue weighted by Crippen LogP contribution is 2.27. The minimum Gasteiger partial charge on any atom is -0.290 e. The fraction of sp³-hybridized carbons (Fsp3) is 0.294. The van der Waals surface area contributed by atoms with Gasteiger partial charge in [-0.2, -0.15) is 0 Å².